The molecule has 0 spiro atoms. The second kappa shape index (κ2) is 7.89. The number of rotatable bonds is 4. The topological polar surface area (TPSA) is 68.6 Å². The van der Waals surface area contributed by atoms with E-state index in [0.717, 1.165) is 30.3 Å². The maximum Gasteiger partial charge on any atom is 0.302 e. The van der Waals surface area contributed by atoms with Crippen LogP contribution in [0.1, 0.15) is 78.1 Å². The first-order valence-electron chi connectivity index (χ1n) is 12.4. The zero-order valence-corrected chi connectivity index (χ0v) is 19.2. The molecule has 1 unspecified atom stereocenters. The van der Waals surface area contributed by atoms with E-state index in [1.165, 1.54) is 51.9 Å². The summed E-state index contributed by atoms with van der Waals surface area (Å²) in [4.78, 5) is 11.6. The van der Waals surface area contributed by atoms with Gasteiger partial charge in [0.2, 0.25) is 5.79 Å². The second-order valence-corrected chi connectivity index (χ2v) is 11.0. The van der Waals surface area contributed by atoms with Crippen LogP contribution in [-0.2, 0) is 19.0 Å². The van der Waals surface area contributed by atoms with Crippen molar-refractivity contribution in [2.24, 2.45) is 34.5 Å². The lowest BCUT2D eigenvalue weighted by atomic mass is 9.44. The van der Waals surface area contributed by atoms with Gasteiger partial charge in [-0.3, -0.25) is 4.79 Å². The average Bonchev–Trinajstić information content (AvgIpc) is 3.37. The third-order valence-corrected chi connectivity index (χ3v) is 9.93. The van der Waals surface area contributed by atoms with E-state index >= 15 is 0 Å². The molecule has 5 nitrogen and oxygen atoms in total. The van der Waals surface area contributed by atoms with Gasteiger partial charge >= 0.3 is 5.97 Å². The zero-order chi connectivity index (χ0) is 21.7. The van der Waals surface area contributed by atoms with E-state index in [1.54, 1.807) is 0 Å². The molecule has 4 fully saturated rings. The zero-order valence-electron chi connectivity index (χ0n) is 19.2. The molecular weight excluding hydrogens is 390 g/mol. The molecule has 1 heterocycles. The Morgan fingerprint density at radius 1 is 1.16 bits per heavy atom. The molecule has 0 N–H and O–H groups in total. The van der Waals surface area contributed by atoms with Crippen molar-refractivity contribution >= 4 is 5.97 Å². The Morgan fingerprint density at radius 3 is 2.71 bits per heavy atom. The Bertz CT molecular complexity index is 794. The van der Waals surface area contributed by atoms with Gasteiger partial charge in [0.1, 0.15) is 6.61 Å². The summed E-state index contributed by atoms with van der Waals surface area (Å²) in [6.45, 7) is 5.09. The summed E-state index contributed by atoms with van der Waals surface area (Å²) in [5.41, 5.74) is 1.36. The predicted molar refractivity (Wildman–Crippen MR) is 116 cm³/mol. The van der Waals surface area contributed by atoms with Crippen molar-refractivity contribution < 1.29 is 19.0 Å². The molecule has 5 rings (SSSR count). The molecule has 0 amide bonds. The summed E-state index contributed by atoms with van der Waals surface area (Å²) in [6, 6.07) is 2.54. The molecule has 1 saturated heterocycles. The largest absolute Gasteiger partial charge is 0.460 e. The monoisotopic (exact) mass is 427 g/mol. The molecule has 5 aliphatic rings. The van der Waals surface area contributed by atoms with Crippen molar-refractivity contribution in [1.29, 1.82) is 5.26 Å². The van der Waals surface area contributed by atoms with Crippen molar-refractivity contribution in [2.45, 2.75) is 83.8 Å². The Balaban J connectivity index is 1.47. The van der Waals surface area contributed by atoms with Gasteiger partial charge in [0.25, 0.3) is 0 Å². The highest BCUT2D eigenvalue weighted by Gasteiger charge is 2.63. The van der Waals surface area contributed by atoms with Crippen LogP contribution in [0.2, 0.25) is 0 Å². The van der Waals surface area contributed by atoms with Crippen LogP contribution in [-0.4, -0.2) is 31.6 Å². The van der Waals surface area contributed by atoms with Gasteiger partial charge in [-0.1, -0.05) is 25.8 Å². The van der Waals surface area contributed by atoms with E-state index in [2.05, 4.69) is 19.1 Å². The number of nitrogens with zero attached hydrogens (tertiary/aromatic N) is 1. The number of ether oxygens (including phenoxy) is 3. The molecule has 31 heavy (non-hydrogen) atoms. The molecule has 3 saturated carbocycles. The van der Waals surface area contributed by atoms with Crippen LogP contribution in [0.5, 0.6) is 0 Å². The quantitative estimate of drug-likeness (QED) is 0.458. The van der Waals surface area contributed by atoms with Crippen LogP contribution < -0.4 is 0 Å². The minimum absolute atomic E-state index is 0.0853. The molecule has 6 atom stereocenters. The van der Waals surface area contributed by atoms with Crippen LogP contribution >= 0.6 is 0 Å². The van der Waals surface area contributed by atoms with Gasteiger partial charge in [-0.25, -0.2) is 0 Å². The summed E-state index contributed by atoms with van der Waals surface area (Å²) in [5, 5.41) is 9.91. The molecular formula is C26H37NO4. The third kappa shape index (κ3) is 3.20. The predicted octanol–water partition coefficient (Wildman–Crippen LogP) is 5.16. The Kier molecular flexibility index (Phi) is 5.46. The number of hydrogen-bond donors (Lipinski definition) is 0. The summed E-state index contributed by atoms with van der Waals surface area (Å²) in [6.07, 6.45) is 14.2. The van der Waals surface area contributed by atoms with Crippen molar-refractivity contribution in [3.63, 3.8) is 0 Å². The fraction of sp³-hybridized carbons (Fsp3) is 0.846. The first-order valence-corrected chi connectivity index (χ1v) is 12.4. The number of carbonyl (C=O) groups is 1. The van der Waals surface area contributed by atoms with Crippen LogP contribution in [0.25, 0.3) is 0 Å². The Hall–Kier alpha value is -1.38. The van der Waals surface area contributed by atoms with Gasteiger partial charge in [-0.2, -0.15) is 5.26 Å². The molecule has 0 aromatic heterocycles. The highest BCUT2D eigenvalue weighted by atomic mass is 16.8. The Labute approximate surface area is 186 Å². The van der Waals surface area contributed by atoms with E-state index in [1.807, 2.05) is 0 Å². The Morgan fingerprint density at radius 2 is 1.97 bits per heavy atom. The van der Waals surface area contributed by atoms with E-state index in [-0.39, 0.29) is 18.0 Å². The van der Waals surface area contributed by atoms with Crippen molar-refractivity contribution in [3.8, 4) is 6.07 Å². The van der Waals surface area contributed by atoms with E-state index in [4.69, 9.17) is 14.2 Å². The number of carbonyl (C=O) groups excluding carboxylic acids is 1. The molecule has 0 aromatic carbocycles. The van der Waals surface area contributed by atoms with Gasteiger partial charge in [0.15, 0.2) is 0 Å². The van der Waals surface area contributed by atoms with Gasteiger partial charge < -0.3 is 14.2 Å². The lowest BCUT2D eigenvalue weighted by Gasteiger charge is -2.61. The minimum atomic E-state index is -1.00. The van der Waals surface area contributed by atoms with E-state index in [0.29, 0.717) is 36.9 Å². The SMILES string of the molecule is CC(=O)OCC1(C2=CC[C@H]3[C@@H]4CCC5CCCC[C@]5(C)[C@H]4CC[C@]23CC#N)OCCO1. The third-order valence-electron chi connectivity index (χ3n) is 9.93. The maximum atomic E-state index is 11.6. The summed E-state index contributed by atoms with van der Waals surface area (Å²) in [7, 11) is 0. The van der Waals surface area contributed by atoms with Crippen molar-refractivity contribution in [3.05, 3.63) is 11.6 Å². The lowest BCUT2D eigenvalue weighted by molar-refractivity contribution is -0.190. The lowest BCUT2D eigenvalue weighted by Crippen LogP contribution is -2.55. The number of hydrogen-bond acceptors (Lipinski definition) is 5. The fourth-order valence-corrected chi connectivity index (χ4v) is 8.65. The van der Waals surface area contributed by atoms with Gasteiger partial charge in [-0.05, 0) is 79.6 Å². The summed E-state index contributed by atoms with van der Waals surface area (Å²) >= 11 is 0. The normalized spacial score (nSPS) is 43.2. The highest BCUT2D eigenvalue weighted by Crippen LogP contribution is 2.68. The maximum absolute atomic E-state index is 11.6. The van der Waals surface area contributed by atoms with Crippen LogP contribution in [0.4, 0.5) is 0 Å². The molecule has 0 radical (unpaired) electrons. The minimum Gasteiger partial charge on any atom is -0.460 e. The van der Waals surface area contributed by atoms with Crippen LogP contribution in [0.15, 0.2) is 11.6 Å². The number of nitriles is 1. The van der Waals surface area contributed by atoms with Crippen molar-refractivity contribution in [2.75, 3.05) is 19.8 Å². The first-order chi connectivity index (χ1) is 15.0. The first kappa shape index (κ1) is 21.5. The van der Waals surface area contributed by atoms with Crippen molar-refractivity contribution in [1.82, 2.24) is 0 Å². The van der Waals surface area contributed by atoms with E-state index < -0.39 is 5.79 Å². The van der Waals surface area contributed by atoms with Crippen LogP contribution in [0, 0.1) is 45.8 Å². The standard InChI is InChI=1S/C26H37NO4/c1-18(28)29-17-26(30-15-16-31-26)23-9-8-22-20-7-6-19-5-3-4-11-24(19,2)21(20)10-12-25(22,23)13-14-27/h9,19-22H,3-8,10-13,15-17H2,1-2H3/t19?,20-,21+,22+,24+,25-/m1/s1. The fourth-order valence-electron chi connectivity index (χ4n) is 8.65. The van der Waals surface area contributed by atoms with Crippen LogP contribution in [0.3, 0.4) is 0 Å². The molecule has 0 aromatic rings. The number of fused-ring (bicyclic) bond motifs is 5. The average molecular weight is 428 g/mol. The molecule has 0 bridgehead atoms. The summed E-state index contributed by atoms with van der Waals surface area (Å²) < 4.78 is 17.7. The van der Waals surface area contributed by atoms with Gasteiger partial charge in [-0.15, -0.1) is 0 Å². The second-order valence-electron chi connectivity index (χ2n) is 11.0. The van der Waals surface area contributed by atoms with Gasteiger partial charge in [0, 0.05) is 18.8 Å². The molecule has 4 aliphatic carbocycles. The van der Waals surface area contributed by atoms with E-state index in [9.17, 15) is 10.1 Å². The number of allylic oxidation sites excluding steroid dienone is 1. The molecule has 5 heteroatoms. The molecule has 170 valence electrons. The highest BCUT2D eigenvalue weighted by molar-refractivity contribution is 5.66. The molecule has 1 aliphatic heterocycles. The smallest absolute Gasteiger partial charge is 0.302 e. The summed E-state index contributed by atoms with van der Waals surface area (Å²) in [5.74, 6) is 1.47. The van der Waals surface area contributed by atoms with Gasteiger partial charge in [0.05, 0.1) is 19.3 Å². The number of esters is 1.